The average molecular weight is 271 g/mol. The molecule has 3 nitrogen and oxygen atoms in total. The van der Waals surface area contributed by atoms with Crippen molar-refractivity contribution in [2.45, 2.75) is 37.0 Å². The highest BCUT2D eigenvalue weighted by molar-refractivity contribution is 5.44. The number of ether oxygens (including phenoxy) is 1. The van der Waals surface area contributed by atoms with Gasteiger partial charge in [-0.15, -0.1) is 0 Å². The van der Waals surface area contributed by atoms with Crippen molar-refractivity contribution in [3.63, 3.8) is 0 Å². The van der Waals surface area contributed by atoms with E-state index in [1.807, 2.05) is 0 Å². The van der Waals surface area contributed by atoms with Crippen LogP contribution in [-0.4, -0.2) is 24.7 Å². The van der Waals surface area contributed by atoms with E-state index in [4.69, 9.17) is 10.5 Å². The van der Waals surface area contributed by atoms with Gasteiger partial charge in [-0.25, -0.2) is 8.78 Å². The summed E-state index contributed by atoms with van der Waals surface area (Å²) in [5, 5.41) is 9.60. The van der Waals surface area contributed by atoms with Gasteiger partial charge >= 0.3 is 0 Å². The first-order valence-electron chi connectivity index (χ1n) is 6.38. The number of phenolic OH excluding ortho intramolecular Hbond substituents is 1. The van der Waals surface area contributed by atoms with Gasteiger partial charge in [0.2, 0.25) is 5.92 Å². The standard InChI is InChI=1S/C14H19F2NO2/c1-19-12-8-10(2-3-11(12)18)13(9-17)4-6-14(15,16)7-5-13/h2-3,8,18H,4-7,9,17H2,1H3. The largest absolute Gasteiger partial charge is 0.504 e. The van der Waals surface area contributed by atoms with Crippen molar-refractivity contribution in [3.05, 3.63) is 23.8 Å². The molecule has 1 aromatic carbocycles. The van der Waals surface area contributed by atoms with Gasteiger partial charge in [0.25, 0.3) is 0 Å². The van der Waals surface area contributed by atoms with E-state index in [-0.39, 0.29) is 18.6 Å². The second kappa shape index (κ2) is 4.96. The summed E-state index contributed by atoms with van der Waals surface area (Å²) in [5.74, 6) is -2.19. The molecule has 0 aliphatic heterocycles. The molecule has 1 aromatic rings. The Morgan fingerprint density at radius 1 is 1.26 bits per heavy atom. The van der Waals surface area contributed by atoms with Crippen molar-refractivity contribution < 1.29 is 18.6 Å². The van der Waals surface area contributed by atoms with E-state index in [1.54, 1.807) is 12.1 Å². The van der Waals surface area contributed by atoms with Crippen molar-refractivity contribution in [3.8, 4) is 11.5 Å². The molecule has 0 amide bonds. The number of phenols is 1. The van der Waals surface area contributed by atoms with Gasteiger partial charge in [-0.2, -0.15) is 0 Å². The minimum Gasteiger partial charge on any atom is -0.504 e. The second-order valence-corrected chi connectivity index (χ2v) is 5.23. The summed E-state index contributed by atoms with van der Waals surface area (Å²) in [6, 6.07) is 4.97. The van der Waals surface area contributed by atoms with Crippen LogP contribution < -0.4 is 10.5 Å². The molecule has 0 saturated heterocycles. The fourth-order valence-corrected chi connectivity index (χ4v) is 2.71. The lowest BCUT2D eigenvalue weighted by Crippen LogP contribution is -2.42. The van der Waals surface area contributed by atoms with Crippen LogP contribution in [0.1, 0.15) is 31.2 Å². The van der Waals surface area contributed by atoms with Gasteiger partial charge in [0.1, 0.15) is 0 Å². The van der Waals surface area contributed by atoms with Gasteiger partial charge in [0, 0.05) is 24.8 Å². The maximum absolute atomic E-state index is 13.3. The monoisotopic (exact) mass is 271 g/mol. The number of hydrogen-bond acceptors (Lipinski definition) is 3. The van der Waals surface area contributed by atoms with E-state index in [1.165, 1.54) is 13.2 Å². The highest BCUT2D eigenvalue weighted by Crippen LogP contribution is 2.46. The lowest BCUT2D eigenvalue weighted by Gasteiger charge is -2.40. The van der Waals surface area contributed by atoms with E-state index >= 15 is 0 Å². The molecule has 19 heavy (non-hydrogen) atoms. The Balaban J connectivity index is 2.32. The SMILES string of the molecule is COc1cc(C2(CN)CCC(F)(F)CC2)ccc1O. The average Bonchev–Trinajstić information content (AvgIpc) is 2.40. The summed E-state index contributed by atoms with van der Waals surface area (Å²) in [4.78, 5) is 0. The molecule has 0 unspecified atom stereocenters. The summed E-state index contributed by atoms with van der Waals surface area (Å²) >= 11 is 0. The molecule has 1 fully saturated rings. The first kappa shape index (κ1) is 14.1. The molecule has 106 valence electrons. The molecular weight excluding hydrogens is 252 g/mol. The molecule has 0 spiro atoms. The van der Waals surface area contributed by atoms with Crippen LogP contribution >= 0.6 is 0 Å². The first-order chi connectivity index (χ1) is 8.92. The molecule has 3 N–H and O–H groups in total. The minimum absolute atomic E-state index is 0.0413. The first-order valence-corrected chi connectivity index (χ1v) is 6.38. The van der Waals surface area contributed by atoms with E-state index in [0.29, 0.717) is 25.1 Å². The fourth-order valence-electron chi connectivity index (χ4n) is 2.71. The van der Waals surface area contributed by atoms with Crippen molar-refractivity contribution in [1.29, 1.82) is 0 Å². The Morgan fingerprint density at radius 3 is 2.42 bits per heavy atom. The summed E-state index contributed by atoms with van der Waals surface area (Å²) in [7, 11) is 1.46. The van der Waals surface area contributed by atoms with Crippen molar-refractivity contribution in [2.24, 2.45) is 5.73 Å². The van der Waals surface area contributed by atoms with Gasteiger partial charge in [-0.05, 0) is 30.5 Å². The van der Waals surface area contributed by atoms with Gasteiger partial charge in [-0.3, -0.25) is 0 Å². The predicted octanol–water partition coefficient (Wildman–Crippen LogP) is 2.81. The summed E-state index contributed by atoms with van der Waals surface area (Å²) in [6.07, 6.45) is 0.412. The fraction of sp³-hybridized carbons (Fsp3) is 0.571. The molecule has 1 aliphatic carbocycles. The molecular formula is C14H19F2NO2. The van der Waals surface area contributed by atoms with E-state index in [0.717, 1.165) is 5.56 Å². The number of halogens is 2. The predicted molar refractivity (Wildman–Crippen MR) is 68.8 cm³/mol. The van der Waals surface area contributed by atoms with Crippen molar-refractivity contribution in [2.75, 3.05) is 13.7 Å². The number of benzene rings is 1. The number of rotatable bonds is 3. The van der Waals surface area contributed by atoms with Crippen LogP contribution in [0.15, 0.2) is 18.2 Å². The maximum atomic E-state index is 13.3. The molecule has 5 heteroatoms. The van der Waals surface area contributed by atoms with Gasteiger partial charge in [0.15, 0.2) is 11.5 Å². The Morgan fingerprint density at radius 2 is 1.89 bits per heavy atom. The molecule has 0 atom stereocenters. The van der Waals surface area contributed by atoms with Gasteiger partial charge in [-0.1, -0.05) is 6.07 Å². The quantitative estimate of drug-likeness (QED) is 0.888. The molecule has 0 heterocycles. The summed E-state index contributed by atoms with van der Waals surface area (Å²) < 4.78 is 31.7. The number of alkyl halides is 2. The Bertz CT molecular complexity index is 453. The van der Waals surface area contributed by atoms with Crippen LogP contribution in [0.3, 0.4) is 0 Å². The molecule has 0 bridgehead atoms. The summed E-state index contributed by atoms with van der Waals surface area (Å²) in [6.45, 7) is 0.316. The van der Waals surface area contributed by atoms with Crippen LogP contribution in [-0.2, 0) is 5.41 Å². The van der Waals surface area contributed by atoms with Gasteiger partial charge < -0.3 is 15.6 Å². The number of nitrogens with two attached hydrogens (primary N) is 1. The normalized spacial score (nSPS) is 21.1. The van der Waals surface area contributed by atoms with Crippen LogP contribution in [0.5, 0.6) is 11.5 Å². The van der Waals surface area contributed by atoms with E-state index in [9.17, 15) is 13.9 Å². The Kier molecular flexibility index (Phi) is 3.67. The Labute approximate surface area is 111 Å². The third-order valence-electron chi connectivity index (χ3n) is 4.12. The summed E-state index contributed by atoms with van der Waals surface area (Å²) in [5.41, 5.74) is 6.26. The third kappa shape index (κ3) is 2.66. The smallest absolute Gasteiger partial charge is 0.248 e. The molecule has 1 aliphatic rings. The zero-order valence-electron chi connectivity index (χ0n) is 11.0. The highest BCUT2D eigenvalue weighted by Gasteiger charge is 2.43. The zero-order valence-corrected chi connectivity index (χ0v) is 11.0. The zero-order chi connectivity index (χ0) is 14.1. The topological polar surface area (TPSA) is 55.5 Å². The maximum Gasteiger partial charge on any atom is 0.248 e. The van der Waals surface area contributed by atoms with Crippen LogP contribution in [0.25, 0.3) is 0 Å². The highest BCUT2D eigenvalue weighted by atomic mass is 19.3. The van der Waals surface area contributed by atoms with E-state index in [2.05, 4.69) is 0 Å². The van der Waals surface area contributed by atoms with Crippen molar-refractivity contribution in [1.82, 2.24) is 0 Å². The van der Waals surface area contributed by atoms with Crippen LogP contribution in [0, 0.1) is 0 Å². The lowest BCUT2D eigenvalue weighted by molar-refractivity contribution is -0.0509. The van der Waals surface area contributed by atoms with Crippen LogP contribution in [0.2, 0.25) is 0 Å². The van der Waals surface area contributed by atoms with E-state index < -0.39 is 11.3 Å². The number of aromatic hydroxyl groups is 1. The molecule has 1 saturated carbocycles. The number of methoxy groups -OCH3 is 1. The molecule has 0 aromatic heterocycles. The molecule has 2 rings (SSSR count). The Hall–Kier alpha value is -1.36. The minimum atomic E-state index is -2.58. The van der Waals surface area contributed by atoms with Crippen LogP contribution in [0.4, 0.5) is 8.78 Å². The van der Waals surface area contributed by atoms with Crippen molar-refractivity contribution >= 4 is 0 Å². The third-order valence-corrected chi connectivity index (χ3v) is 4.12. The molecule has 0 radical (unpaired) electrons. The lowest BCUT2D eigenvalue weighted by atomic mass is 9.68. The number of hydrogen-bond donors (Lipinski definition) is 2. The van der Waals surface area contributed by atoms with Gasteiger partial charge in [0.05, 0.1) is 7.11 Å². The second-order valence-electron chi connectivity index (χ2n) is 5.23.